The zero-order valence-corrected chi connectivity index (χ0v) is 33.8. The van der Waals surface area contributed by atoms with Crippen molar-refractivity contribution in [1.82, 2.24) is 0 Å². The highest BCUT2D eigenvalue weighted by Gasteiger charge is 2.29. The van der Waals surface area contributed by atoms with E-state index in [1.54, 1.807) is 0 Å². The second kappa shape index (κ2) is 25.0. The van der Waals surface area contributed by atoms with Gasteiger partial charge in [-0.25, -0.2) is 0 Å². The monoisotopic (exact) mass is 631 g/mol. The Kier molecular flexibility index (Phi) is 23.9. The van der Waals surface area contributed by atoms with Gasteiger partial charge in [0.1, 0.15) is 0 Å². The quantitative estimate of drug-likeness (QED) is 0.0880. The van der Waals surface area contributed by atoms with Crippen LogP contribution in [0, 0.1) is 71.0 Å². The maximum absolute atomic E-state index is 2.61. The molecular formula is C45H90. The van der Waals surface area contributed by atoms with E-state index in [9.17, 15) is 0 Å². The molecule has 0 spiro atoms. The first-order valence-corrected chi connectivity index (χ1v) is 21.4. The van der Waals surface area contributed by atoms with Crippen LogP contribution in [-0.2, 0) is 0 Å². The number of hydrogen-bond acceptors (Lipinski definition) is 0. The fourth-order valence-electron chi connectivity index (χ4n) is 9.61. The summed E-state index contributed by atoms with van der Waals surface area (Å²) in [6.07, 6.45) is 30.5. The average Bonchev–Trinajstić information content (AvgIpc) is 3.00. The van der Waals surface area contributed by atoms with Crippen LogP contribution in [0.15, 0.2) is 0 Å². The minimum Gasteiger partial charge on any atom is -0.0651 e. The van der Waals surface area contributed by atoms with Gasteiger partial charge in [0, 0.05) is 0 Å². The summed E-state index contributed by atoms with van der Waals surface area (Å²) in [5.41, 5.74) is 0. The molecule has 12 atom stereocenters. The van der Waals surface area contributed by atoms with Crippen LogP contribution in [0.1, 0.15) is 218 Å². The van der Waals surface area contributed by atoms with Crippen molar-refractivity contribution >= 4 is 0 Å². The van der Waals surface area contributed by atoms with Crippen LogP contribution in [0.5, 0.6) is 0 Å². The predicted octanol–water partition coefficient (Wildman–Crippen LogP) is 15.8. The van der Waals surface area contributed by atoms with Gasteiger partial charge in [0.15, 0.2) is 0 Å². The minimum atomic E-state index is 0.831. The van der Waals surface area contributed by atoms with Gasteiger partial charge in [-0.05, 0) is 103 Å². The Balaban J connectivity index is 2.53. The van der Waals surface area contributed by atoms with E-state index in [-0.39, 0.29) is 0 Å². The molecule has 0 radical (unpaired) electrons. The summed E-state index contributed by atoms with van der Waals surface area (Å²) in [7, 11) is 0. The smallest absolute Gasteiger partial charge is 0.0358 e. The summed E-state index contributed by atoms with van der Waals surface area (Å²) in [5.74, 6) is 10.7. The average molecular weight is 631 g/mol. The van der Waals surface area contributed by atoms with E-state index in [2.05, 4.69) is 83.1 Å². The molecule has 0 bridgehead atoms. The Morgan fingerprint density at radius 3 is 1.73 bits per heavy atom. The van der Waals surface area contributed by atoms with Gasteiger partial charge in [-0.2, -0.15) is 0 Å². The van der Waals surface area contributed by atoms with Gasteiger partial charge in [0.25, 0.3) is 0 Å². The van der Waals surface area contributed by atoms with Crippen LogP contribution < -0.4 is 0 Å². The van der Waals surface area contributed by atoms with Gasteiger partial charge in [-0.1, -0.05) is 186 Å². The van der Waals surface area contributed by atoms with Crippen LogP contribution in [0.2, 0.25) is 0 Å². The molecule has 0 nitrogen and oxygen atoms in total. The Morgan fingerprint density at radius 2 is 1.11 bits per heavy atom. The highest BCUT2D eigenvalue weighted by Crippen LogP contribution is 2.40. The van der Waals surface area contributed by atoms with Crippen molar-refractivity contribution in [1.29, 1.82) is 0 Å². The molecule has 1 rings (SSSR count). The van der Waals surface area contributed by atoms with Crippen molar-refractivity contribution in [2.45, 2.75) is 218 Å². The second-order valence-electron chi connectivity index (χ2n) is 18.1. The molecule has 1 fully saturated rings. The summed E-state index contributed by atoms with van der Waals surface area (Å²) < 4.78 is 0. The number of hydrogen-bond donors (Lipinski definition) is 0. The van der Waals surface area contributed by atoms with E-state index in [0.717, 1.165) is 71.0 Å². The first-order chi connectivity index (χ1) is 21.4. The lowest BCUT2D eigenvalue weighted by Gasteiger charge is -2.36. The molecular weight excluding hydrogens is 540 g/mol. The molecule has 45 heavy (non-hydrogen) atoms. The largest absolute Gasteiger partial charge is 0.0651 e. The predicted molar refractivity (Wildman–Crippen MR) is 207 cm³/mol. The zero-order chi connectivity index (χ0) is 33.8. The fraction of sp³-hybridized carbons (Fsp3) is 1.00. The Bertz CT molecular complexity index is 665. The molecule has 0 aliphatic heterocycles. The highest BCUT2D eigenvalue weighted by atomic mass is 14.3. The number of rotatable bonds is 25. The van der Waals surface area contributed by atoms with E-state index in [4.69, 9.17) is 0 Å². The summed E-state index contributed by atoms with van der Waals surface area (Å²) in [6, 6.07) is 0. The number of unbranched alkanes of at least 4 members (excludes halogenated alkanes) is 5. The van der Waals surface area contributed by atoms with Crippen LogP contribution in [-0.4, -0.2) is 0 Å². The van der Waals surface area contributed by atoms with Gasteiger partial charge in [0.2, 0.25) is 0 Å². The van der Waals surface area contributed by atoms with Crippen molar-refractivity contribution in [3.05, 3.63) is 0 Å². The van der Waals surface area contributed by atoms with Crippen LogP contribution in [0.3, 0.4) is 0 Å². The molecule has 0 aromatic heterocycles. The lowest BCUT2D eigenvalue weighted by atomic mass is 9.70. The fourth-order valence-corrected chi connectivity index (χ4v) is 9.61. The Hall–Kier alpha value is 0. The SMILES string of the molecule is CCC(C)CCCCCCCCC(CC)C(CC(C)CC(C)C(C)C(C)CC(C)C(C)CC1CCCCCC(C)C1)C(C)CC. The third-order valence-electron chi connectivity index (χ3n) is 13.9. The molecule has 0 aromatic carbocycles. The summed E-state index contributed by atoms with van der Waals surface area (Å²) in [4.78, 5) is 0. The molecule has 1 aliphatic carbocycles. The van der Waals surface area contributed by atoms with E-state index in [1.807, 2.05) is 0 Å². The van der Waals surface area contributed by atoms with Crippen molar-refractivity contribution in [2.75, 3.05) is 0 Å². The molecule has 1 aliphatic rings. The Labute approximate surface area is 288 Å². The minimum absolute atomic E-state index is 0.831. The topological polar surface area (TPSA) is 0 Å². The Morgan fingerprint density at radius 1 is 0.511 bits per heavy atom. The van der Waals surface area contributed by atoms with Crippen molar-refractivity contribution in [2.24, 2.45) is 71.0 Å². The van der Waals surface area contributed by atoms with E-state index >= 15 is 0 Å². The molecule has 0 N–H and O–H groups in total. The van der Waals surface area contributed by atoms with Crippen LogP contribution in [0.4, 0.5) is 0 Å². The maximum Gasteiger partial charge on any atom is -0.0358 e. The maximum atomic E-state index is 2.61. The van der Waals surface area contributed by atoms with E-state index in [1.165, 1.54) is 135 Å². The molecule has 270 valence electrons. The van der Waals surface area contributed by atoms with E-state index in [0.29, 0.717) is 0 Å². The van der Waals surface area contributed by atoms with Crippen LogP contribution >= 0.6 is 0 Å². The molecule has 0 aromatic rings. The van der Waals surface area contributed by atoms with Gasteiger partial charge in [0.05, 0.1) is 0 Å². The first-order valence-electron chi connectivity index (χ1n) is 21.4. The van der Waals surface area contributed by atoms with Gasteiger partial charge >= 0.3 is 0 Å². The summed E-state index contributed by atoms with van der Waals surface area (Å²) in [6.45, 7) is 30.4. The lowest BCUT2D eigenvalue weighted by Crippen LogP contribution is -2.26. The molecule has 12 unspecified atom stereocenters. The van der Waals surface area contributed by atoms with Crippen LogP contribution in [0.25, 0.3) is 0 Å². The third kappa shape index (κ3) is 18.4. The third-order valence-corrected chi connectivity index (χ3v) is 13.9. The van der Waals surface area contributed by atoms with Gasteiger partial charge in [-0.3, -0.25) is 0 Å². The summed E-state index contributed by atoms with van der Waals surface area (Å²) >= 11 is 0. The lowest BCUT2D eigenvalue weighted by molar-refractivity contribution is 0.145. The van der Waals surface area contributed by atoms with Crippen molar-refractivity contribution in [3.8, 4) is 0 Å². The standard InChI is InChI=1S/C45H90/c1-13-34(4)25-21-18-16-17-19-24-28-44(15-3)45(37(7)14-2)31-36(6)29-40(10)42(12)41(11)32-38(8)39(9)33-43-27-23-20-22-26-35(5)30-43/h34-45H,13-33H2,1-12H3. The second-order valence-corrected chi connectivity index (χ2v) is 18.1. The molecule has 1 saturated carbocycles. The van der Waals surface area contributed by atoms with E-state index < -0.39 is 0 Å². The molecule has 0 heteroatoms. The first kappa shape index (κ1) is 43.0. The molecule has 0 amide bonds. The van der Waals surface area contributed by atoms with Crippen molar-refractivity contribution in [3.63, 3.8) is 0 Å². The highest BCUT2D eigenvalue weighted by molar-refractivity contribution is 4.80. The van der Waals surface area contributed by atoms with Gasteiger partial charge in [-0.15, -0.1) is 0 Å². The molecule has 0 saturated heterocycles. The summed E-state index contributed by atoms with van der Waals surface area (Å²) in [5, 5.41) is 0. The van der Waals surface area contributed by atoms with Crippen molar-refractivity contribution < 1.29 is 0 Å². The van der Waals surface area contributed by atoms with Gasteiger partial charge < -0.3 is 0 Å². The molecule has 0 heterocycles. The zero-order valence-electron chi connectivity index (χ0n) is 33.8. The normalized spacial score (nSPS) is 24.8.